The molecule has 0 bridgehead atoms. The Morgan fingerprint density at radius 1 is 1.48 bits per heavy atom. The monoisotopic (exact) mass is 312 g/mol. The Hall–Kier alpha value is -1.63. The first-order valence-corrected chi connectivity index (χ1v) is 8.00. The first-order valence-electron chi connectivity index (χ1n) is 7.12. The number of thiazole rings is 1. The van der Waals surface area contributed by atoms with Crippen molar-refractivity contribution in [2.45, 2.75) is 33.2 Å². The first-order chi connectivity index (χ1) is 10.0. The highest BCUT2D eigenvalue weighted by atomic mass is 32.1. The van der Waals surface area contributed by atoms with Crippen molar-refractivity contribution in [1.82, 2.24) is 9.47 Å². The Balaban J connectivity index is 1.99. The van der Waals surface area contributed by atoms with E-state index in [1.807, 2.05) is 6.92 Å². The fraction of sp³-hybridized carbons (Fsp3) is 0.643. The molecule has 0 radical (unpaired) electrons. The lowest BCUT2D eigenvalue weighted by Crippen LogP contribution is -2.44. The lowest BCUT2D eigenvalue weighted by Gasteiger charge is -2.31. The summed E-state index contributed by atoms with van der Waals surface area (Å²) in [4.78, 5) is 37.3. The fourth-order valence-electron chi connectivity index (χ4n) is 2.49. The zero-order valence-electron chi connectivity index (χ0n) is 12.3. The smallest absolute Gasteiger partial charge is 0.310 e. The minimum absolute atomic E-state index is 0.0453. The number of carbonyl (C=O) groups excluding carboxylic acids is 2. The molecule has 2 rings (SSSR count). The van der Waals surface area contributed by atoms with Crippen LogP contribution in [0.3, 0.4) is 0 Å². The molecule has 1 aliphatic rings. The van der Waals surface area contributed by atoms with Crippen molar-refractivity contribution in [3.63, 3.8) is 0 Å². The molecule has 116 valence electrons. The average Bonchev–Trinajstić information content (AvgIpc) is 2.79. The van der Waals surface area contributed by atoms with Crippen LogP contribution in [0, 0.1) is 12.8 Å². The van der Waals surface area contributed by atoms with E-state index in [0.29, 0.717) is 19.7 Å². The van der Waals surface area contributed by atoms with Crippen molar-refractivity contribution >= 4 is 23.2 Å². The maximum absolute atomic E-state index is 12.3. The van der Waals surface area contributed by atoms with Crippen molar-refractivity contribution < 1.29 is 14.3 Å². The van der Waals surface area contributed by atoms with Crippen LogP contribution < -0.4 is 4.87 Å². The van der Waals surface area contributed by atoms with Gasteiger partial charge in [-0.25, -0.2) is 0 Å². The summed E-state index contributed by atoms with van der Waals surface area (Å²) in [6.45, 7) is 5.00. The van der Waals surface area contributed by atoms with Gasteiger partial charge in [0.25, 0.3) is 0 Å². The number of aromatic nitrogens is 1. The van der Waals surface area contributed by atoms with E-state index >= 15 is 0 Å². The molecular formula is C14H20N2O4S. The summed E-state index contributed by atoms with van der Waals surface area (Å²) >= 11 is 1.09. The molecule has 21 heavy (non-hydrogen) atoms. The molecule has 6 nitrogen and oxygen atoms in total. The van der Waals surface area contributed by atoms with Crippen LogP contribution in [-0.2, 0) is 20.9 Å². The average molecular weight is 312 g/mol. The Kier molecular flexibility index (Phi) is 5.17. The van der Waals surface area contributed by atoms with E-state index in [9.17, 15) is 14.4 Å². The van der Waals surface area contributed by atoms with Crippen molar-refractivity contribution in [2.75, 3.05) is 19.7 Å². The highest BCUT2D eigenvalue weighted by Gasteiger charge is 2.29. The number of esters is 1. The van der Waals surface area contributed by atoms with Crippen molar-refractivity contribution in [2.24, 2.45) is 5.92 Å². The fourth-order valence-corrected chi connectivity index (χ4v) is 3.22. The van der Waals surface area contributed by atoms with Crippen LogP contribution in [-0.4, -0.2) is 41.0 Å². The summed E-state index contributed by atoms with van der Waals surface area (Å²) in [6, 6.07) is 0. The molecule has 1 aromatic rings. The van der Waals surface area contributed by atoms with Crippen molar-refractivity contribution in [3.05, 3.63) is 20.7 Å². The van der Waals surface area contributed by atoms with Gasteiger partial charge >= 0.3 is 10.8 Å². The Morgan fingerprint density at radius 3 is 2.86 bits per heavy atom. The van der Waals surface area contributed by atoms with Gasteiger partial charge in [0.15, 0.2) is 0 Å². The topological polar surface area (TPSA) is 68.6 Å². The third-order valence-corrected chi connectivity index (χ3v) is 4.54. The summed E-state index contributed by atoms with van der Waals surface area (Å²) in [5.41, 5.74) is 0.789. The van der Waals surface area contributed by atoms with Gasteiger partial charge in [0.05, 0.1) is 12.5 Å². The summed E-state index contributed by atoms with van der Waals surface area (Å²) < 4.78 is 6.50. The molecule has 0 unspecified atom stereocenters. The molecule has 1 aromatic heterocycles. The van der Waals surface area contributed by atoms with Gasteiger partial charge in [-0.1, -0.05) is 11.3 Å². The lowest BCUT2D eigenvalue weighted by molar-refractivity contribution is -0.151. The van der Waals surface area contributed by atoms with E-state index in [4.69, 9.17) is 4.74 Å². The molecule has 2 heterocycles. The molecule has 0 aliphatic carbocycles. The molecule has 1 saturated heterocycles. The number of nitrogens with zero attached hydrogens (tertiary/aromatic N) is 2. The second-order valence-electron chi connectivity index (χ2n) is 5.16. The number of likely N-dealkylation sites (tertiary alicyclic amines) is 1. The number of piperidine rings is 1. The van der Waals surface area contributed by atoms with Crippen LogP contribution in [0.5, 0.6) is 0 Å². The van der Waals surface area contributed by atoms with E-state index < -0.39 is 0 Å². The highest BCUT2D eigenvalue weighted by molar-refractivity contribution is 7.07. The van der Waals surface area contributed by atoms with Gasteiger partial charge < -0.3 is 9.64 Å². The van der Waals surface area contributed by atoms with Gasteiger partial charge in [0, 0.05) is 24.2 Å². The van der Waals surface area contributed by atoms with Gasteiger partial charge in [-0.2, -0.15) is 0 Å². The Morgan fingerprint density at radius 2 is 2.24 bits per heavy atom. The van der Waals surface area contributed by atoms with Gasteiger partial charge in [-0.05, 0) is 26.7 Å². The van der Waals surface area contributed by atoms with Crippen LogP contribution in [0.1, 0.15) is 25.5 Å². The minimum atomic E-state index is -0.247. The molecule has 1 amide bonds. The van der Waals surface area contributed by atoms with E-state index in [1.54, 1.807) is 17.2 Å². The van der Waals surface area contributed by atoms with Crippen LogP contribution >= 0.6 is 11.3 Å². The number of hydrogen-bond donors (Lipinski definition) is 0. The number of hydrogen-bond acceptors (Lipinski definition) is 5. The van der Waals surface area contributed by atoms with Crippen LogP contribution in [0.25, 0.3) is 0 Å². The third kappa shape index (κ3) is 3.72. The predicted octanol–water partition coefficient (Wildman–Crippen LogP) is 1.02. The summed E-state index contributed by atoms with van der Waals surface area (Å²) in [6.07, 6.45) is 1.53. The maximum Gasteiger partial charge on any atom is 0.310 e. The third-order valence-electron chi connectivity index (χ3n) is 3.66. The van der Waals surface area contributed by atoms with E-state index in [-0.39, 0.29) is 29.2 Å². The standard InChI is InChI=1S/C14H20N2O4S/c1-3-20-13(18)11-5-4-6-15(7-11)12(17)8-16-10(2)9-21-14(16)19/h9,11H,3-8H2,1-2H3/t11-/m0/s1. The quantitative estimate of drug-likeness (QED) is 0.779. The van der Waals surface area contributed by atoms with Gasteiger partial charge in [-0.15, -0.1) is 0 Å². The Bertz CT molecular complexity index is 578. The zero-order chi connectivity index (χ0) is 15.4. The van der Waals surface area contributed by atoms with Crippen LogP contribution in [0.15, 0.2) is 10.2 Å². The second kappa shape index (κ2) is 6.89. The van der Waals surface area contributed by atoms with Gasteiger partial charge in [0.1, 0.15) is 6.54 Å². The molecular weight excluding hydrogens is 292 g/mol. The lowest BCUT2D eigenvalue weighted by atomic mass is 9.98. The van der Waals surface area contributed by atoms with Gasteiger partial charge in [-0.3, -0.25) is 19.0 Å². The molecule has 1 atom stereocenters. The molecule has 1 aliphatic heterocycles. The first kappa shape index (κ1) is 15.8. The SMILES string of the molecule is CCOC(=O)[C@H]1CCCN(C(=O)Cn2c(C)csc2=O)C1. The number of rotatable bonds is 4. The van der Waals surface area contributed by atoms with Gasteiger partial charge in [0.2, 0.25) is 5.91 Å². The molecule has 0 aromatic carbocycles. The molecule has 0 saturated carbocycles. The Labute approximate surface area is 127 Å². The molecule has 7 heteroatoms. The molecule has 0 N–H and O–H groups in total. The summed E-state index contributed by atoms with van der Waals surface area (Å²) in [5, 5.41) is 1.74. The summed E-state index contributed by atoms with van der Waals surface area (Å²) in [7, 11) is 0. The second-order valence-corrected chi connectivity index (χ2v) is 5.98. The number of aryl methyl sites for hydroxylation is 1. The predicted molar refractivity (Wildman–Crippen MR) is 79.3 cm³/mol. The number of carbonyl (C=O) groups is 2. The number of ether oxygens (including phenoxy) is 1. The largest absolute Gasteiger partial charge is 0.466 e. The maximum atomic E-state index is 12.3. The number of amides is 1. The molecule has 1 fully saturated rings. The van der Waals surface area contributed by atoms with E-state index in [2.05, 4.69) is 0 Å². The van der Waals surface area contributed by atoms with Crippen LogP contribution in [0.2, 0.25) is 0 Å². The van der Waals surface area contributed by atoms with Crippen LogP contribution in [0.4, 0.5) is 0 Å². The minimum Gasteiger partial charge on any atom is -0.466 e. The molecule has 0 spiro atoms. The highest BCUT2D eigenvalue weighted by Crippen LogP contribution is 2.18. The summed E-state index contributed by atoms with van der Waals surface area (Å²) in [5.74, 6) is -0.602. The van der Waals surface area contributed by atoms with Crippen molar-refractivity contribution in [1.29, 1.82) is 0 Å². The van der Waals surface area contributed by atoms with E-state index in [0.717, 1.165) is 29.9 Å². The normalized spacial score (nSPS) is 18.6. The van der Waals surface area contributed by atoms with Crippen molar-refractivity contribution in [3.8, 4) is 0 Å². The van der Waals surface area contributed by atoms with E-state index in [1.165, 1.54) is 4.57 Å². The zero-order valence-corrected chi connectivity index (χ0v) is 13.1.